The zero-order chi connectivity index (χ0) is 14.8. The van der Waals surface area contributed by atoms with Crippen LogP contribution in [0.1, 0.15) is 18.9 Å². The van der Waals surface area contributed by atoms with E-state index in [1.807, 2.05) is 31.2 Å². The molecule has 0 radical (unpaired) electrons. The molecule has 0 aromatic heterocycles. The molecule has 0 unspecified atom stereocenters. The number of nitrogen functional groups attached to an aromatic ring is 1. The number of nitrogens with zero attached hydrogens (tertiary/aromatic N) is 1. The monoisotopic (exact) mass is 274 g/mol. The molecule has 0 amide bonds. The molecular weight excluding hydrogens is 248 g/mol. The second-order valence-electron chi connectivity index (χ2n) is 4.75. The molecule has 3 nitrogen and oxygen atoms in total. The third-order valence-corrected chi connectivity index (χ3v) is 3.09. The largest absolute Gasteiger partial charge is 0.492 e. The SMILES string of the molecule is C=CCN(CC=C)CCCc1ccc(OCC)c(N)c1. The number of hydrogen-bond acceptors (Lipinski definition) is 3. The van der Waals surface area contributed by atoms with Crippen molar-refractivity contribution in [3.05, 3.63) is 49.1 Å². The fraction of sp³-hybridized carbons (Fsp3) is 0.412. The normalized spacial score (nSPS) is 10.5. The molecule has 3 heteroatoms. The van der Waals surface area contributed by atoms with Crippen LogP contribution in [-0.4, -0.2) is 31.1 Å². The highest BCUT2D eigenvalue weighted by atomic mass is 16.5. The summed E-state index contributed by atoms with van der Waals surface area (Å²) in [4.78, 5) is 2.32. The van der Waals surface area contributed by atoms with Crippen LogP contribution in [0.3, 0.4) is 0 Å². The summed E-state index contributed by atoms with van der Waals surface area (Å²) in [6.45, 7) is 13.0. The Labute approximate surface area is 122 Å². The zero-order valence-electron chi connectivity index (χ0n) is 12.5. The minimum Gasteiger partial charge on any atom is -0.492 e. The Morgan fingerprint density at radius 1 is 1.25 bits per heavy atom. The first-order valence-corrected chi connectivity index (χ1v) is 7.16. The molecule has 2 N–H and O–H groups in total. The van der Waals surface area contributed by atoms with Gasteiger partial charge in [-0.1, -0.05) is 18.2 Å². The van der Waals surface area contributed by atoms with Crippen molar-refractivity contribution in [3.63, 3.8) is 0 Å². The lowest BCUT2D eigenvalue weighted by atomic mass is 10.1. The Morgan fingerprint density at radius 2 is 1.95 bits per heavy atom. The van der Waals surface area contributed by atoms with Crippen molar-refractivity contribution in [2.75, 3.05) is 32.0 Å². The van der Waals surface area contributed by atoms with Gasteiger partial charge in [0.15, 0.2) is 0 Å². The van der Waals surface area contributed by atoms with E-state index in [4.69, 9.17) is 10.5 Å². The quantitative estimate of drug-likeness (QED) is 0.525. The maximum Gasteiger partial charge on any atom is 0.142 e. The minimum absolute atomic E-state index is 0.640. The van der Waals surface area contributed by atoms with E-state index in [1.54, 1.807) is 0 Å². The molecule has 20 heavy (non-hydrogen) atoms. The minimum atomic E-state index is 0.640. The summed E-state index contributed by atoms with van der Waals surface area (Å²) in [5.41, 5.74) is 7.95. The van der Waals surface area contributed by atoms with E-state index in [0.717, 1.165) is 43.9 Å². The fourth-order valence-electron chi connectivity index (χ4n) is 2.17. The number of rotatable bonds is 10. The van der Waals surface area contributed by atoms with Crippen molar-refractivity contribution in [2.24, 2.45) is 0 Å². The first-order valence-electron chi connectivity index (χ1n) is 7.16. The first-order chi connectivity index (χ1) is 9.71. The summed E-state index contributed by atoms with van der Waals surface area (Å²) in [6, 6.07) is 6.06. The maximum absolute atomic E-state index is 5.97. The number of ether oxygens (including phenoxy) is 1. The highest BCUT2D eigenvalue weighted by Gasteiger charge is 2.04. The van der Waals surface area contributed by atoms with Crippen molar-refractivity contribution in [1.29, 1.82) is 0 Å². The van der Waals surface area contributed by atoms with E-state index < -0.39 is 0 Å². The van der Waals surface area contributed by atoms with E-state index in [2.05, 4.69) is 24.1 Å². The standard InChI is InChI=1S/C17H26N2O/c1-4-11-19(12-5-2)13-7-8-15-9-10-17(20-6-3)16(18)14-15/h4-5,9-10,14H,1-2,6-8,11-13,18H2,3H3. The Morgan fingerprint density at radius 3 is 2.50 bits per heavy atom. The van der Waals surface area contributed by atoms with Gasteiger partial charge in [0.05, 0.1) is 12.3 Å². The summed E-state index contributed by atoms with van der Waals surface area (Å²) in [7, 11) is 0. The van der Waals surface area contributed by atoms with Crippen LogP contribution in [0, 0.1) is 0 Å². The molecule has 0 heterocycles. The molecule has 110 valence electrons. The van der Waals surface area contributed by atoms with Crippen LogP contribution >= 0.6 is 0 Å². The second-order valence-corrected chi connectivity index (χ2v) is 4.75. The van der Waals surface area contributed by atoms with Crippen molar-refractivity contribution in [3.8, 4) is 5.75 Å². The summed E-state index contributed by atoms with van der Waals surface area (Å²) in [5, 5.41) is 0. The highest BCUT2D eigenvalue weighted by Crippen LogP contribution is 2.23. The lowest BCUT2D eigenvalue weighted by Gasteiger charge is -2.18. The van der Waals surface area contributed by atoms with Gasteiger partial charge in [0.1, 0.15) is 5.75 Å². The average Bonchev–Trinajstić information content (AvgIpc) is 2.42. The smallest absolute Gasteiger partial charge is 0.142 e. The third-order valence-electron chi connectivity index (χ3n) is 3.09. The Hall–Kier alpha value is -1.74. The number of aryl methyl sites for hydroxylation is 1. The molecule has 0 spiro atoms. The molecular formula is C17H26N2O. The van der Waals surface area contributed by atoms with Gasteiger partial charge in [-0.3, -0.25) is 4.90 Å². The number of nitrogens with two attached hydrogens (primary N) is 1. The van der Waals surface area contributed by atoms with Gasteiger partial charge < -0.3 is 10.5 Å². The summed E-state index contributed by atoms with van der Waals surface area (Å²) in [6.07, 6.45) is 5.97. The van der Waals surface area contributed by atoms with Crippen molar-refractivity contribution in [1.82, 2.24) is 4.90 Å². The molecule has 1 rings (SSSR count). The van der Waals surface area contributed by atoms with Crippen LogP contribution in [-0.2, 0) is 6.42 Å². The van der Waals surface area contributed by atoms with Crippen LogP contribution < -0.4 is 10.5 Å². The van der Waals surface area contributed by atoms with E-state index in [9.17, 15) is 0 Å². The lowest BCUT2D eigenvalue weighted by molar-refractivity contribution is 0.330. The van der Waals surface area contributed by atoms with E-state index in [-0.39, 0.29) is 0 Å². The van der Waals surface area contributed by atoms with Gasteiger partial charge in [0, 0.05) is 13.1 Å². The number of anilines is 1. The van der Waals surface area contributed by atoms with Crippen molar-refractivity contribution >= 4 is 5.69 Å². The molecule has 0 saturated heterocycles. The summed E-state index contributed by atoms with van der Waals surface area (Å²) >= 11 is 0. The van der Waals surface area contributed by atoms with Crippen molar-refractivity contribution in [2.45, 2.75) is 19.8 Å². The van der Waals surface area contributed by atoms with Crippen molar-refractivity contribution < 1.29 is 4.74 Å². The fourth-order valence-corrected chi connectivity index (χ4v) is 2.17. The maximum atomic E-state index is 5.97. The van der Waals surface area contributed by atoms with Gasteiger partial charge in [-0.15, -0.1) is 13.2 Å². The van der Waals surface area contributed by atoms with E-state index >= 15 is 0 Å². The van der Waals surface area contributed by atoms with E-state index in [1.165, 1.54) is 5.56 Å². The van der Waals surface area contributed by atoms with Gasteiger partial charge in [-0.05, 0) is 44.0 Å². The van der Waals surface area contributed by atoms with Gasteiger partial charge in [-0.25, -0.2) is 0 Å². The van der Waals surface area contributed by atoms with Crippen LogP contribution in [0.2, 0.25) is 0 Å². The molecule has 0 aliphatic carbocycles. The number of benzene rings is 1. The van der Waals surface area contributed by atoms with Gasteiger partial charge in [0.2, 0.25) is 0 Å². The Balaban J connectivity index is 2.46. The second kappa shape index (κ2) is 9.21. The van der Waals surface area contributed by atoms with Crippen LogP contribution in [0.25, 0.3) is 0 Å². The van der Waals surface area contributed by atoms with E-state index in [0.29, 0.717) is 6.61 Å². The Bertz CT molecular complexity index is 419. The summed E-state index contributed by atoms with van der Waals surface area (Å²) < 4.78 is 5.44. The molecule has 0 bridgehead atoms. The molecule has 1 aromatic carbocycles. The Kier molecular flexibility index (Phi) is 7.51. The number of hydrogen-bond donors (Lipinski definition) is 1. The molecule has 0 aliphatic heterocycles. The molecule has 0 aliphatic rings. The predicted octanol–water partition coefficient (Wildman–Crippen LogP) is 3.27. The van der Waals surface area contributed by atoms with Gasteiger partial charge >= 0.3 is 0 Å². The third kappa shape index (κ3) is 5.49. The van der Waals surface area contributed by atoms with Gasteiger partial charge in [0.25, 0.3) is 0 Å². The molecule has 1 aromatic rings. The highest BCUT2D eigenvalue weighted by molar-refractivity contribution is 5.54. The van der Waals surface area contributed by atoms with Crippen LogP contribution in [0.15, 0.2) is 43.5 Å². The first kappa shape index (κ1) is 16.3. The predicted molar refractivity (Wildman–Crippen MR) is 87.2 cm³/mol. The summed E-state index contributed by atoms with van der Waals surface area (Å²) in [5.74, 6) is 0.774. The molecule has 0 fully saturated rings. The molecule has 0 saturated carbocycles. The van der Waals surface area contributed by atoms with Gasteiger partial charge in [-0.2, -0.15) is 0 Å². The topological polar surface area (TPSA) is 38.5 Å². The zero-order valence-corrected chi connectivity index (χ0v) is 12.5. The van der Waals surface area contributed by atoms with Crippen LogP contribution in [0.5, 0.6) is 5.75 Å². The average molecular weight is 274 g/mol. The molecule has 0 atom stereocenters. The van der Waals surface area contributed by atoms with Crippen LogP contribution in [0.4, 0.5) is 5.69 Å². The lowest BCUT2D eigenvalue weighted by Crippen LogP contribution is -2.25.